The summed E-state index contributed by atoms with van der Waals surface area (Å²) in [6, 6.07) is 19.2. The SMILES string of the molecule is CCOC(=O)C1(c2ccc(NC(=O)c3ccc4c(c3)CCN4S(=O)(=O)c3ccc(C)cc3)cc2)CC1. The third-order valence-corrected chi connectivity index (χ3v) is 8.74. The Hall–Kier alpha value is -3.65. The van der Waals surface area contributed by atoms with Crippen LogP contribution in [0.2, 0.25) is 0 Å². The van der Waals surface area contributed by atoms with Gasteiger partial charge < -0.3 is 10.1 Å². The largest absolute Gasteiger partial charge is 0.465 e. The third kappa shape index (κ3) is 4.26. The minimum atomic E-state index is -3.67. The summed E-state index contributed by atoms with van der Waals surface area (Å²) in [5, 5.41) is 2.89. The standard InChI is InChI=1S/C28H28N2O5S/c1-3-35-27(32)28(15-16-28)22-7-9-23(10-8-22)29-26(31)21-6-13-25-20(18-21)14-17-30(25)36(33,34)24-11-4-19(2)5-12-24/h4-13,18H,3,14-17H2,1-2H3,(H,29,31). The van der Waals surface area contributed by atoms with Gasteiger partial charge in [-0.15, -0.1) is 0 Å². The van der Waals surface area contributed by atoms with Crippen molar-refractivity contribution >= 4 is 33.3 Å². The van der Waals surface area contributed by atoms with E-state index in [1.54, 1.807) is 61.5 Å². The lowest BCUT2D eigenvalue weighted by molar-refractivity contribution is -0.146. The van der Waals surface area contributed by atoms with E-state index in [2.05, 4.69) is 5.32 Å². The van der Waals surface area contributed by atoms with Crippen LogP contribution in [-0.2, 0) is 31.4 Å². The number of nitrogens with zero attached hydrogens (tertiary/aromatic N) is 1. The molecule has 186 valence electrons. The van der Waals surface area contributed by atoms with Gasteiger partial charge in [0.1, 0.15) is 0 Å². The predicted molar refractivity (Wildman–Crippen MR) is 138 cm³/mol. The van der Waals surface area contributed by atoms with Crippen molar-refractivity contribution in [2.75, 3.05) is 22.8 Å². The van der Waals surface area contributed by atoms with E-state index < -0.39 is 15.4 Å². The van der Waals surface area contributed by atoms with Crippen LogP contribution in [-0.4, -0.2) is 33.4 Å². The number of carbonyl (C=O) groups excluding carboxylic acids is 2. The highest BCUT2D eigenvalue weighted by Gasteiger charge is 2.52. The van der Waals surface area contributed by atoms with Gasteiger partial charge in [0.15, 0.2) is 0 Å². The second-order valence-corrected chi connectivity index (χ2v) is 11.2. The van der Waals surface area contributed by atoms with Crippen LogP contribution in [0.4, 0.5) is 11.4 Å². The molecule has 0 saturated heterocycles. The normalized spacial score (nSPS) is 15.8. The van der Waals surface area contributed by atoms with Gasteiger partial charge in [0.2, 0.25) is 0 Å². The number of carbonyl (C=O) groups is 2. The number of nitrogens with one attached hydrogen (secondary N) is 1. The fraction of sp³-hybridized carbons (Fsp3) is 0.286. The second-order valence-electron chi connectivity index (χ2n) is 9.32. The number of aryl methyl sites for hydroxylation is 1. The molecule has 0 aromatic heterocycles. The number of fused-ring (bicyclic) bond motifs is 1. The van der Waals surface area contributed by atoms with E-state index in [9.17, 15) is 18.0 Å². The quantitative estimate of drug-likeness (QED) is 0.475. The zero-order valence-corrected chi connectivity index (χ0v) is 21.1. The zero-order valence-electron chi connectivity index (χ0n) is 20.3. The third-order valence-electron chi connectivity index (χ3n) is 6.92. The molecule has 1 aliphatic carbocycles. The number of sulfonamides is 1. The summed E-state index contributed by atoms with van der Waals surface area (Å²) in [4.78, 5) is 25.5. The van der Waals surface area contributed by atoms with E-state index in [4.69, 9.17) is 4.74 Å². The molecule has 0 radical (unpaired) electrons. The summed E-state index contributed by atoms with van der Waals surface area (Å²) in [6.45, 7) is 4.40. The van der Waals surface area contributed by atoms with Crippen LogP contribution in [0.5, 0.6) is 0 Å². The minimum Gasteiger partial charge on any atom is -0.465 e. The number of esters is 1. The lowest BCUT2D eigenvalue weighted by Gasteiger charge is -2.20. The molecule has 2 aliphatic rings. The maximum absolute atomic E-state index is 13.2. The lowest BCUT2D eigenvalue weighted by atomic mass is 9.96. The summed E-state index contributed by atoms with van der Waals surface area (Å²) in [5.41, 5.74) is 3.83. The number of hydrogen-bond acceptors (Lipinski definition) is 5. The monoisotopic (exact) mass is 504 g/mol. The Morgan fingerprint density at radius 3 is 2.33 bits per heavy atom. The number of hydrogen-bond donors (Lipinski definition) is 1. The van der Waals surface area contributed by atoms with Gasteiger partial charge in [-0.2, -0.15) is 0 Å². The fourth-order valence-corrected chi connectivity index (χ4v) is 6.18. The highest BCUT2D eigenvalue weighted by molar-refractivity contribution is 7.92. The number of rotatable bonds is 7. The van der Waals surface area contributed by atoms with Crippen LogP contribution in [0.15, 0.2) is 71.6 Å². The molecule has 1 fully saturated rings. The molecule has 1 amide bonds. The molecule has 1 saturated carbocycles. The van der Waals surface area contributed by atoms with Gasteiger partial charge in [-0.3, -0.25) is 13.9 Å². The van der Waals surface area contributed by atoms with Gasteiger partial charge in [-0.05, 0) is 86.7 Å². The lowest BCUT2D eigenvalue weighted by Crippen LogP contribution is -2.29. The Kier molecular flexibility index (Phi) is 6.08. The molecule has 7 nitrogen and oxygen atoms in total. The van der Waals surface area contributed by atoms with Crippen molar-refractivity contribution in [3.05, 3.63) is 89.0 Å². The van der Waals surface area contributed by atoms with E-state index in [1.807, 2.05) is 19.1 Å². The molecular weight excluding hydrogens is 476 g/mol. The van der Waals surface area contributed by atoms with Gasteiger partial charge in [-0.1, -0.05) is 29.8 Å². The molecule has 1 heterocycles. The topological polar surface area (TPSA) is 92.8 Å². The van der Waals surface area contributed by atoms with E-state index in [0.717, 1.165) is 29.5 Å². The van der Waals surface area contributed by atoms with Crippen LogP contribution in [0.25, 0.3) is 0 Å². The van der Waals surface area contributed by atoms with Gasteiger partial charge in [-0.25, -0.2) is 8.42 Å². The molecule has 0 bridgehead atoms. The van der Waals surface area contributed by atoms with Gasteiger partial charge in [0, 0.05) is 17.8 Å². The molecule has 8 heteroatoms. The van der Waals surface area contributed by atoms with Gasteiger partial charge in [0.05, 0.1) is 22.6 Å². The summed E-state index contributed by atoms with van der Waals surface area (Å²) < 4.78 is 33.0. The van der Waals surface area contributed by atoms with Crippen molar-refractivity contribution in [2.45, 2.75) is 43.4 Å². The van der Waals surface area contributed by atoms with Crippen molar-refractivity contribution in [2.24, 2.45) is 0 Å². The highest BCUT2D eigenvalue weighted by Crippen LogP contribution is 2.49. The summed E-state index contributed by atoms with van der Waals surface area (Å²) >= 11 is 0. The summed E-state index contributed by atoms with van der Waals surface area (Å²) in [7, 11) is -3.67. The van der Waals surface area contributed by atoms with Crippen LogP contribution in [0, 0.1) is 6.92 Å². The van der Waals surface area contributed by atoms with Crippen LogP contribution < -0.4 is 9.62 Å². The molecule has 0 unspecified atom stereocenters. The minimum absolute atomic E-state index is 0.196. The molecular formula is C28H28N2O5S. The molecule has 1 aliphatic heterocycles. The molecule has 3 aromatic rings. The van der Waals surface area contributed by atoms with Crippen LogP contribution >= 0.6 is 0 Å². The summed E-state index contributed by atoms with van der Waals surface area (Å²) in [6.07, 6.45) is 2.07. The Morgan fingerprint density at radius 1 is 1.00 bits per heavy atom. The van der Waals surface area contributed by atoms with Crippen molar-refractivity contribution in [3.63, 3.8) is 0 Å². The summed E-state index contributed by atoms with van der Waals surface area (Å²) in [5.74, 6) is -0.477. The van der Waals surface area contributed by atoms with Crippen molar-refractivity contribution in [1.82, 2.24) is 0 Å². The fourth-order valence-electron chi connectivity index (χ4n) is 4.68. The average Bonchev–Trinajstić information content (AvgIpc) is 3.57. The first kappa shape index (κ1) is 24.1. The first-order valence-corrected chi connectivity index (χ1v) is 13.5. The predicted octanol–water partition coefficient (Wildman–Crippen LogP) is 4.59. The molecule has 5 rings (SSSR count). The number of amides is 1. The second kappa shape index (κ2) is 9.09. The smallest absolute Gasteiger partial charge is 0.316 e. The first-order valence-electron chi connectivity index (χ1n) is 12.1. The number of ether oxygens (including phenoxy) is 1. The van der Waals surface area contributed by atoms with Crippen molar-refractivity contribution in [3.8, 4) is 0 Å². The van der Waals surface area contributed by atoms with Crippen molar-refractivity contribution in [1.29, 1.82) is 0 Å². The maximum atomic E-state index is 13.2. The average molecular weight is 505 g/mol. The Morgan fingerprint density at radius 2 is 1.69 bits per heavy atom. The van der Waals surface area contributed by atoms with Crippen LogP contribution in [0.3, 0.4) is 0 Å². The Bertz CT molecular complexity index is 1430. The van der Waals surface area contributed by atoms with Crippen molar-refractivity contribution < 1.29 is 22.7 Å². The molecule has 0 spiro atoms. The Balaban J connectivity index is 1.30. The molecule has 0 atom stereocenters. The van der Waals surface area contributed by atoms with Crippen LogP contribution in [0.1, 0.15) is 46.8 Å². The molecule has 3 aromatic carbocycles. The van der Waals surface area contributed by atoms with Gasteiger partial charge in [0.25, 0.3) is 15.9 Å². The van der Waals surface area contributed by atoms with Gasteiger partial charge >= 0.3 is 5.97 Å². The van der Waals surface area contributed by atoms with E-state index in [1.165, 1.54) is 4.31 Å². The van der Waals surface area contributed by atoms with E-state index in [0.29, 0.717) is 36.5 Å². The number of benzene rings is 3. The number of anilines is 2. The first-order chi connectivity index (χ1) is 17.2. The molecule has 1 N–H and O–H groups in total. The Labute approximate surface area is 211 Å². The maximum Gasteiger partial charge on any atom is 0.316 e. The highest BCUT2D eigenvalue weighted by atomic mass is 32.2. The van der Waals surface area contributed by atoms with E-state index >= 15 is 0 Å². The van der Waals surface area contributed by atoms with E-state index in [-0.39, 0.29) is 16.8 Å². The zero-order chi connectivity index (χ0) is 25.5. The molecule has 36 heavy (non-hydrogen) atoms.